The van der Waals surface area contributed by atoms with Crippen LogP contribution in [0.4, 0.5) is 0 Å². The summed E-state index contributed by atoms with van der Waals surface area (Å²) >= 11 is 0. The van der Waals surface area contributed by atoms with Gasteiger partial charge in [-0.1, -0.05) is 12.1 Å². The van der Waals surface area contributed by atoms with Gasteiger partial charge in [-0.05, 0) is 75.6 Å². The Bertz CT molecular complexity index is 766. The van der Waals surface area contributed by atoms with Crippen LogP contribution in [0.5, 0.6) is 17.2 Å². The third-order valence-electron chi connectivity index (χ3n) is 3.93. The first kappa shape index (κ1) is 20.6. The molecule has 2 aromatic carbocycles. The van der Waals surface area contributed by atoms with E-state index in [1.165, 1.54) is 0 Å². The van der Waals surface area contributed by atoms with Gasteiger partial charge in [0.2, 0.25) is 0 Å². The first-order valence-corrected chi connectivity index (χ1v) is 9.14. The Balaban J connectivity index is 1.95. The van der Waals surface area contributed by atoms with Gasteiger partial charge in [-0.15, -0.1) is 0 Å². The molecule has 0 bridgehead atoms. The molecular weight excluding hydrogens is 342 g/mol. The minimum atomic E-state index is -0.586. The van der Waals surface area contributed by atoms with Crippen molar-refractivity contribution in [2.75, 3.05) is 7.11 Å². The van der Waals surface area contributed by atoms with Crippen LogP contribution in [-0.2, 0) is 11.3 Å². The summed E-state index contributed by atoms with van der Waals surface area (Å²) in [5.74, 6) is 1.87. The number of amides is 1. The van der Waals surface area contributed by atoms with Gasteiger partial charge in [-0.3, -0.25) is 4.79 Å². The van der Waals surface area contributed by atoms with E-state index in [9.17, 15) is 4.79 Å². The zero-order chi connectivity index (χ0) is 20.0. The number of carbonyl (C=O) groups excluding carboxylic acids is 1. The fourth-order valence-corrected chi connectivity index (χ4v) is 2.76. The van der Waals surface area contributed by atoms with E-state index in [0.29, 0.717) is 23.8 Å². The topological polar surface area (TPSA) is 56.8 Å². The number of benzene rings is 2. The molecule has 0 saturated heterocycles. The number of hydrogen-bond acceptors (Lipinski definition) is 4. The third-order valence-corrected chi connectivity index (χ3v) is 3.93. The Kier molecular flexibility index (Phi) is 7.11. The van der Waals surface area contributed by atoms with Gasteiger partial charge in [0.15, 0.2) is 17.6 Å². The SMILES string of the molecule is COc1cc(CNC(=O)[C@@H](C)Oc2cc(C)cc(C)c2)ccc1OC(C)C. The van der Waals surface area contributed by atoms with Gasteiger partial charge in [-0.2, -0.15) is 0 Å². The summed E-state index contributed by atoms with van der Waals surface area (Å²) in [6.07, 6.45) is -0.524. The Hall–Kier alpha value is -2.69. The summed E-state index contributed by atoms with van der Waals surface area (Å²) in [6.45, 7) is 10.1. The van der Waals surface area contributed by atoms with Crippen LogP contribution in [0.25, 0.3) is 0 Å². The predicted molar refractivity (Wildman–Crippen MR) is 107 cm³/mol. The fourth-order valence-electron chi connectivity index (χ4n) is 2.76. The van der Waals surface area contributed by atoms with Crippen molar-refractivity contribution in [3.05, 3.63) is 53.1 Å². The molecule has 2 rings (SSSR count). The maximum absolute atomic E-state index is 12.4. The molecule has 0 saturated carbocycles. The van der Waals surface area contributed by atoms with Crippen LogP contribution in [0.15, 0.2) is 36.4 Å². The van der Waals surface area contributed by atoms with Crippen molar-refractivity contribution in [3.8, 4) is 17.2 Å². The Morgan fingerprint density at radius 1 is 0.963 bits per heavy atom. The molecule has 0 aliphatic carbocycles. The van der Waals surface area contributed by atoms with Gasteiger partial charge in [0.1, 0.15) is 5.75 Å². The van der Waals surface area contributed by atoms with Crippen molar-refractivity contribution >= 4 is 5.91 Å². The smallest absolute Gasteiger partial charge is 0.261 e. The zero-order valence-corrected chi connectivity index (χ0v) is 17.0. The van der Waals surface area contributed by atoms with Crippen molar-refractivity contribution in [1.29, 1.82) is 0 Å². The van der Waals surface area contributed by atoms with Crippen molar-refractivity contribution in [2.45, 2.75) is 53.4 Å². The van der Waals surface area contributed by atoms with Gasteiger partial charge in [-0.25, -0.2) is 0 Å². The highest BCUT2D eigenvalue weighted by Gasteiger charge is 2.15. The molecular formula is C22H29NO4. The van der Waals surface area contributed by atoms with E-state index in [4.69, 9.17) is 14.2 Å². The molecule has 5 heteroatoms. The van der Waals surface area contributed by atoms with Crippen molar-refractivity contribution in [1.82, 2.24) is 5.32 Å². The number of carbonyl (C=O) groups is 1. The average molecular weight is 371 g/mol. The summed E-state index contributed by atoms with van der Waals surface area (Å²) in [5, 5.41) is 2.90. The van der Waals surface area contributed by atoms with Crippen LogP contribution in [-0.4, -0.2) is 25.2 Å². The van der Waals surface area contributed by atoms with E-state index in [0.717, 1.165) is 16.7 Å². The molecule has 0 radical (unpaired) electrons. The van der Waals surface area contributed by atoms with E-state index in [2.05, 4.69) is 11.4 Å². The Labute approximate surface area is 161 Å². The highest BCUT2D eigenvalue weighted by molar-refractivity contribution is 5.80. The quantitative estimate of drug-likeness (QED) is 0.756. The molecule has 0 spiro atoms. The lowest BCUT2D eigenvalue weighted by molar-refractivity contribution is -0.127. The van der Waals surface area contributed by atoms with E-state index in [1.54, 1.807) is 14.0 Å². The van der Waals surface area contributed by atoms with Crippen molar-refractivity contribution in [3.63, 3.8) is 0 Å². The molecule has 27 heavy (non-hydrogen) atoms. The number of ether oxygens (including phenoxy) is 3. The molecule has 1 N–H and O–H groups in total. The minimum absolute atomic E-state index is 0.0627. The van der Waals surface area contributed by atoms with Crippen molar-refractivity contribution < 1.29 is 19.0 Å². The highest BCUT2D eigenvalue weighted by atomic mass is 16.5. The second-order valence-electron chi connectivity index (χ2n) is 6.95. The number of methoxy groups -OCH3 is 1. The van der Waals surface area contributed by atoms with Crippen LogP contribution < -0.4 is 19.5 Å². The first-order chi connectivity index (χ1) is 12.8. The van der Waals surface area contributed by atoms with Gasteiger partial charge in [0, 0.05) is 6.54 Å². The Morgan fingerprint density at radius 3 is 2.22 bits per heavy atom. The second kappa shape index (κ2) is 9.31. The van der Waals surface area contributed by atoms with Crippen LogP contribution in [0.1, 0.15) is 37.5 Å². The molecule has 0 unspecified atom stereocenters. The molecule has 2 aromatic rings. The molecule has 0 fully saturated rings. The maximum atomic E-state index is 12.4. The standard InChI is InChI=1S/C22H29NO4/c1-14(2)26-20-8-7-18(12-21(20)25-6)13-23-22(24)17(5)27-19-10-15(3)9-16(4)11-19/h7-12,14,17H,13H2,1-6H3,(H,23,24)/t17-/m1/s1. The van der Waals surface area contributed by atoms with E-state index >= 15 is 0 Å². The van der Waals surface area contributed by atoms with Crippen molar-refractivity contribution in [2.24, 2.45) is 0 Å². The molecule has 1 amide bonds. The van der Waals surface area contributed by atoms with Crippen LogP contribution >= 0.6 is 0 Å². The van der Waals surface area contributed by atoms with Gasteiger partial charge < -0.3 is 19.5 Å². The molecule has 0 aliphatic heterocycles. The highest BCUT2D eigenvalue weighted by Crippen LogP contribution is 2.29. The first-order valence-electron chi connectivity index (χ1n) is 9.14. The monoisotopic (exact) mass is 371 g/mol. The largest absolute Gasteiger partial charge is 0.493 e. The van der Waals surface area contributed by atoms with Crippen LogP contribution in [0.3, 0.4) is 0 Å². The van der Waals surface area contributed by atoms with Gasteiger partial charge in [0.05, 0.1) is 13.2 Å². The summed E-state index contributed by atoms with van der Waals surface area (Å²) in [4.78, 5) is 12.4. The molecule has 0 aromatic heterocycles. The number of nitrogens with one attached hydrogen (secondary N) is 1. The molecule has 0 heterocycles. The van der Waals surface area contributed by atoms with E-state index in [1.807, 2.05) is 58.0 Å². The lowest BCUT2D eigenvalue weighted by atomic mass is 10.1. The normalized spacial score (nSPS) is 11.8. The zero-order valence-electron chi connectivity index (χ0n) is 17.0. The summed E-state index contributed by atoms with van der Waals surface area (Å²) in [6, 6.07) is 11.6. The minimum Gasteiger partial charge on any atom is -0.493 e. The fraction of sp³-hybridized carbons (Fsp3) is 0.409. The average Bonchev–Trinajstić information content (AvgIpc) is 2.59. The van der Waals surface area contributed by atoms with E-state index < -0.39 is 6.10 Å². The molecule has 146 valence electrons. The lowest BCUT2D eigenvalue weighted by Crippen LogP contribution is -2.35. The Morgan fingerprint density at radius 2 is 1.63 bits per heavy atom. The molecule has 5 nitrogen and oxygen atoms in total. The second-order valence-corrected chi connectivity index (χ2v) is 6.95. The third kappa shape index (κ3) is 6.20. The number of aryl methyl sites for hydroxylation is 2. The maximum Gasteiger partial charge on any atom is 0.261 e. The predicted octanol–water partition coefficient (Wildman–Crippen LogP) is 4.18. The number of rotatable bonds is 8. The van der Waals surface area contributed by atoms with Crippen LogP contribution in [0, 0.1) is 13.8 Å². The van der Waals surface area contributed by atoms with Gasteiger partial charge >= 0.3 is 0 Å². The molecule has 1 atom stereocenters. The number of hydrogen-bond donors (Lipinski definition) is 1. The van der Waals surface area contributed by atoms with E-state index in [-0.39, 0.29) is 12.0 Å². The molecule has 0 aliphatic rings. The summed E-state index contributed by atoms with van der Waals surface area (Å²) < 4.78 is 16.9. The van der Waals surface area contributed by atoms with Crippen LogP contribution in [0.2, 0.25) is 0 Å². The summed E-state index contributed by atoms with van der Waals surface area (Å²) in [7, 11) is 1.60. The lowest BCUT2D eigenvalue weighted by Gasteiger charge is -2.17. The summed E-state index contributed by atoms with van der Waals surface area (Å²) in [5.41, 5.74) is 3.14. The van der Waals surface area contributed by atoms with Gasteiger partial charge in [0.25, 0.3) is 5.91 Å².